The molecule has 4 nitrogen and oxygen atoms in total. The molecule has 0 amide bonds. The van der Waals surface area contributed by atoms with Crippen LogP contribution in [0.15, 0.2) is 4.99 Å². The quantitative estimate of drug-likeness (QED) is 0.569. The molecular formula is C12H24N4. The molecule has 0 aromatic rings. The summed E-state index contributed by atoms with van der Waals surface area (Å²) < 4.78 is 0. The molecule has 0 aromatic heterocycles. The van der Waals surface area contributed by atoms with Gasteiger partial charge in [0.2, 0.25) is 0 Å². The summed E-state index contributed by atoms with van der Waals surface area (Å²) in [5, 5.41) is 0. The second kappa shape index (κ2) is 5.53. The molecule has 0 spiro atoms. The maximum absolute atomic E-state index is 5.93. The summed E-state index contributed by atoms with van der Waals surface area (Å²) in [6.07, 6.45) is 5.12. The first-order valence-electron chi connectivity index (χ1n) is 6.60. The standard InChI is InChI=1S/C12H24N4/c1-2-6-15-7-3-5-11(15)10-14-12(13)16-8-4-9-16/h11H,2-10H2,1H3,(H2,13,14)/t11-/m0/s1. The van der Waals surface area contributed by atoms with Crippen molar-refractivity contribution < 1.29 is 0 Å². The summed E-state index contributed by atoms with van der Waals surface area (Å²) in [6.45, 7) is 7.79. The van der Waals surface area contributed by atoms with Crippen molar-refractivity contribution in [1.29, 1.82) is 0 Å². The Morgan fingerprint density at radius 2 is 2.12 bits per heavy atom. The highest BCUT2D eigenvalue weighted by molar-refractivity contribution is 5.78. The Balaban J connectivity index is 1.79. The number of aliphatic imine (C=N–C) groups is 1. The summed E-state index contributed by atoms with van der Waals surface area (Å²) in [4.78, 5) is 9.27. The van der Waals surface area contributed by atoms with Crippen LogP contribution in [0.1, 0.15) is 32.6 Å². The van der Waals surface area contributed by atoms with Gasteiger partial charge in [0.1, 0.15) is 0 Å². The van der Waals surface area contributed by atoms with E-state index >= 15 is 0 Å². The average molecular weight is 224 g/mol. The van der Waals surface area contributed by atoms with Crippen molar-refractivity contribution in [2.75, 3.05) is 32.7 Å². The molecule has 92 valence electrons. The van der Waals surface area contributed by atoms with Crippen molar-refractivity contribution in [3.63, 3.8) is 0 Å². The largest absolute Gasteiger partial charge is 0.370 e. The van der Waals surface area contributed by atoms with E-state index in [0.717, 1.165) is 25.6 Å². The fourth-order valence-electron chi connectivity index (χ4n) is 2.53. The lowest BCUT2D eigenvalue weighted by atomic mass is 10.2. The van der Waals surface area contributed by atoms with Crippen LogP contribution < -0.4 is 5.73 Å². The summed E-state index contributed by atoms with van der Waals surface area (Å²) in [7, 11) is 0. The third-order valence-corrected chi connectivity index (χ3v) is 3.65. The first kappa shape index (κ1) is 11.7. The molecule has 2 aliphatic rings. The number of rotatable bonds is 4. The van der Waals surface area contributed by atoms with E-state index in [9.17, 15) is 0 Å². The van der Waals surface area contributed by atoms with Crippen molar-refractivity contribution >= 4 is 5.96 Å². The van der Waals surface area contributed by atoms with E-state index in [2.05, 4.69) is 21.7 Å². The summed E-state index contributed by atoms with van der Waals surface area (Å²) in [6, 6.07) is 0.639. The number of guanidine groups is 1. The van der Waals surface area contributed by atoms with Crippen LogP contribution in [-0.2, 0) is 0 Å². The minimum absolute atomic E-state index is 0.639. The third-order valence-electron chi connectivity index (χ3n) is 3.65. The van der Waals surface area contributed by atoms with Gasteiger partial charge in [-0.2, -0.15) is 0 Å². The second-order valence-electron chi connectivity index (χ2n) is 4.87. The smallest absolute Gasteiger partial charge is 0.191 e. The fourth-order valence-corrected chi connectivity index (χ4v) is 2.53. The van der Waals surface area contributed by atoms with E-state index in [-0.39, 0.29) is 0 Å². The average Bonchev–Trinajstić information content (AvgIpc) is 2.60. The zero-order valence-electron chi connectivity index (χ0n) is 10.4. The SMILES string of the molecule is CCCN1CCC[C@H]1CN=C(N)N1CCC1. The molecule has 0 saturated carbocycles. The first-order chi connectivity index (χ1) is 7.81. The molecule has 4 heteroatoms. The minimum atomic E-state index is 0.639. The Bertz CT molecular complexity index is 247. The highest BCUT2D eigenvalue weighted by Gasteiger charge is 2.23. The van der Waals surface area contributed by atoms with Gasteiger partial charge in [0, 0.05) is 19.1 Å². The molecule has 2 saturated heterocycles. The number of hydrogen-bond donors (Lipinski definition) is 1. The molecule has 0 aromatic carbocycles. The number of likely N-dealkylation sites (tertiary alicyclic amines) is 2. The Morgan fingerprint density at radius 1 is 1.31 bits per heavy atom. The van der Waals surface area contributed by atoms with Crippen molar-refractivity contribution in [2.24, 2.45) is 10.7 Å². The van der Waals surface area contributed by atoms with Gasteiger partial charge < -0.3 is 10.6 Å². The molecule has 0 aliphatic carbocycles. The molecule has 2 rings (SSSR count). The molecule has 2 fully saturated rings. The summed E-state index contributed by atoms with van der Waals surface area (Å²) in [5.74, 6) is 0.759. The Kier molecular flexibility index (Phi) is 4.04. The Hall–Kier alpha value is -0.770. The van der Waals surface area contributed by atoms with Crippen LogP contribution in [0, 0.1) is 0 Å². The molecule has 0 radical (unpaired) electrons. The van der Waals surface area contributed by atoms with Gasteiger partial charge in [0.25, 0.3) is 0 Å². The van der Waals surface area contributed by atoms with E-state index in [1.54, 1.807) is 0 Å². The number of hydrogen-bond acceptors (Lipinski definition) is 2. The zero-order chi connectivity index (χ0) is 11.4. The number of nitrogens with two attached hydrogens (primary N) is 1. The van der Waals surface area contributed by atoms with Gasteiger partial charge in [0.05, 0.1) is 6.54 Å². The maximum atomic E-state index is 5.93. The van der Waals surface area contributed by atoms with E-state index in [1.165, 1.54) is 38.8 Å². The van der Waals surface area contributed by atoms with Crippen LogP contribution in [0.25, 0.3) is 0 Å². The second-order valence-corrected chi connectivity index (χ2v) is 4.87. The third kappa shape index (κ3) is 2.67. The van der Waals surface area contributed by atoms with Crippen LogP contribution in [0.4, 0.5) is 0 Å². The lowest BCUT2D eigenvalue weighted by Crippen LogP contribution is -2.47. The van der Waals surface area contributed by atoms with Gasteiger partial charge in [0.15, 0.2) is 5.96 Å². The molecule has 0 unspecified atom stereocenters. The lowest BCUT2D eigenvalue weighted by molar-refractivity contribution is 0.256. The van der Waals surface area contributed by atoms with Gasteiger partial charge in [-0.15, -0.1) is 0 Å². The minimum Gasteiger partial charge on any atom is -0.370 e. The lowest BCUT2D eigenvalue weighted by Gasteiger charge is -2.32. The van der Waals surface area contributed by atoms with Crippen LogP contribution in [-0.4, -0.2) is 54.5 Å². The van der Waals surface area contributed by atoms with Crippen LogP contribution in [0.2, 0.25) is 0 Å². The van der Waals surface area contributed by atoms with Crippen LogP contribution in [0.5, 0.6) is 0 Å². The van der Waals surface area contributed by atoms with E-state index in [4.69, 9.17) is 5.73 Å². The molecule has 2 aliphatic heterocycles. The van der Waals surface area contributed by atoms with E-state index in [1.807, 2.05) is 0 Å². The summed E-state index contributed by atoms with van der Waals surface area (Å²) in [5.41, 5.74) is 5.93. The topological polar surface area (TPSA) is 44.9 Å². The molecule has 2 heterocycles. The van der Waals surface area contributed by atoms with Gasteiger partial charge >= 0.3 is 0 Å². The zero-order valence-corrected chi connectivity index (χ0v) is 10.4. The normalized spacial score (nSPS) is 27.2. The molecule has 0 bridgehead atoms. The van der Waals surface area contributed by atoms with Crippen LogP contribution >= 0.6 is 0 Å². The van der Waals surface area contributed by atoms with Gasteiger partial charge in [-0.1, -0.05) is 6.92 Å². The van der Waals surface area contributed by atoms with E-state index < -0.39 is 0 Å². The maximum Gasteiger partial charge on any atom is 0.191 e. The number of nitrogens with zero attached hydrogens (tertiary/aromatic N) is 3. The van der Waals surface area contributed by atoms with Crippen LogP contribution in [0.3, 0.4) is 0 Å². The monoisotopic (exact) mass is 224 g/mol. The van der Waals surface area contributed by atoms with Crippen molar-refractivity contribution in [2.45, 2.75) is 38.6 Å². The molecule has 2 N–H and O–H groups in total. The van der Waals surface area contributed by atoms with E-state index in [0.29, 0.717) is 6.04 Å². The Labute approximate surface area is 98.5 Å². The van der Waals surface area contributed by atoms with Crippen molar-refractivity contribution in [1.82, 2.24) is 9.80 Å². The van der Waals surface area contributed by atoms with Gasteiger partial charge in [-0.25, -0.2) is 0 Å². The fraction of sp³-hybridized carbons (Fsp3) is 0.917. The first-order valence-corrected chi connectivity index (χ1v) is 6.60. The van der Waals surface area contributed by atoms with Gasteiger partial charge in [-0.3, -0.25) is 9.89 Å². The summed E-state index contributed by atoms with van der Waals surface area (Å²) >= 11 is 0. The molecule has 1 atom stereocenters. The molecule has 16 heavy (non-hydrogen) atoms. The van der Waals surface area contributed by atoms with Gasteiger partial charge in [-0.05, 0) is 38.8 Å². The predicted molar refractivity (Wildman–Crippen MR) is 67.6 cm³/mol. The molecular weight excluding hydrogens is 200 g/mol. The highest BCUT2D eigenvalue weighted by atomic mass is 15.3. The highest BCUT2D eigenvalue weighted by Crippen LogP contribution is 2.17. The Morgan fingerprint density at radius 3 is 2.75 bits per heavy atom. The predicted octanol–water partition coefficient (Wildman–Crippen LogP) is 0.881. The van der Waals surface area contributed by atoms with Crippen molar-refractivity contribution in [3.05, 3.63) is 0 Å². The van der Waals surface area contributed by atoms with Crippen molar-refractivity contribution in [3.8, 4) is 0 Å².